The second kappa shape index (κ2) is 65.0. The molecule has 0 aromatic carbocycles. The first kappa shape index (κ1) is 90.1. The summed E-state index contributed by atoms with van der Waals surface area (Å²) in [7, 11) is -9.90. The van der Waals surface area contributed by atoms with Gasteiger partial charge >= 0.3 is 39.5 Å². The number of esters is 4. The van der Waals surface area contributed by atoms with Gasteiger partial charge in [-0.05, 0) is 37.5 Å². The molecule has 0 rings (SSSR count). The van der Waals surface area contributed by atoms with Gasteiger partial charge in [0.05, 0.1) is 26.4 Å². The fourth-order valence-electron chi connectivity index (χ4n) is 11.1. The maximum Gasteiger partial charge on any atom is 0.472 e. The molecule has 17 nitrogen and oxygen atoms in total. The Bertz CT molecular complexity index is 1790. The largest absolute Gasteiger partial charge is 0.472 e. The lowest BCUT2D eigenvalue weighted by atomic mass is 10.0. The van der Waals surface area contributed by atoms with Crippen LogP contribution in [0.15, 0.2) is 0 Å². The lowest BCUT2D eigenvalue weighted by Crippen LogP contribution is -2.30. The number of phosphoric acid groups is 2. The van der Waals surface area contributed by atoms with Crippen molar-refractivity contribution in [1.82, 2.24) is 0 Å². The van der Waals surface area contributed by atoms with Gasteiger partial charge in [-0.1, -0.05) is 324 Å². The number of phosphoric ester groups is 2. The van der Waals surface area contributed by atoms with Crippen molar-refractivity contribution in [2.45, 2.75) is 394 Å². The van der Waals surface area contributed by atoms with E-state index < -0.39 is 97.5 Å². The normalized spacial score (nSPS) is 14.1. The van der Waals surface area contributed by atoms with E-state index in [4.69, 9.17) is 37.0 Å². The van der Waals surface area contributed by atoms with Crippen LogP contribution in [-0.2, 0) is 65.4 Å². The zero-order valence-corrected chi connectivity index (χ0v) is 61.6. The molecular weight excluding hydrogens is 1210 g/mol. The van der Waals surface area contributed by atoms with Crippen LogP contribution in [0.25, 0.3) is 0 Å². The molecule has 92 heavy (non-hydrogen) atoms. The molecule has 0 aliphatic heterocycles. The predicted molar refractivity (Wildman–Crippen MR) is 372 cm³/mol. The number of hydrogen-bond acceptors (Lipinski definition) is 15. The molecule has 0 aromatic heterocycles. The van der Waals surface area contributed by atoms with Crippen molar-refractivity contribution in [1.29, 1.82) is 0 Å². The number of hydrogen-bond donors (Lipinski definition) is 3. The van der Waals surface area contributed by atoms with E-state index in [1.807, 2.05) is 0 Å². The first-order valence-corrected chi connectivity index (χ1v) is 41.0. The van der Waals surface area contributed by atoms with Gasteiger partial charge in [-0.2, -0.15) is 0 Å². The smallest absolute Gasteiger partial charge is 0.462 e. The molecule has 0 aromatic rings. The summed E-state index contributed by atoms with van der Waals surface area (Å²) >= 11 is 0. The molecule has 0 amide bonds. The summed E-state index contributed by atoms with van der Waals surface area (Å²) in [5, 5.41) is 10.6. The van der Waals surface area contributed by atoms with Crippen LogP contribution in [0, 0.1) is 11.8 Å². The Morgan fingerprint density at radius 1 is 0.293 bits per heavy atom. The van der Waals surface area contributed by atoms with Gasteiger partial charge in [0.25, 0.3) is 0 Å². The Morgan fingerprint density at radius 3 is 0.739 bits per heavy atom. The van der Waals surface area contributed by atoms with Gasteiger partial charge in [-0.15, -0.1) is 0 Å². The molecule has 5 atom stereocenters. The summed E-state index contributed by atoms with van der Waals surface area (Å²) < 4.78 is 68.4. The van der Waals surface area contributed by atoms with E-state index in [9.17, 15) is 43.2 Å². The lowest BCUT2D eigenvalue weighted by molar-refractivity contribution is -0.161. The van der Waals surface area contributed by atoms with Crippen molar-refractivity contribution in [2.24, 2.45) is 11.8 Å². The standard InChI is InChI=1S/C73H142O17P2/c1-7-9-11-13-15-17-18-19-22-27-33-39-45-51-57-72(77)89-68(61-83-70(75)55-49-43-37-16-14-12-10-8-2)63-87-91(79,80)85-59-67(74)60-86-92(81,82)88-64-69(62-84-71(76)56-50-44-38-32-29-24-26-31-36-42-48-54-66(5)6)90-73(78)58-52-46-40-34-28-23-20-21-25-30-35-41-47-53-65(3)4/h65-69,74H,7-64H2,1-6H3,(H,79,80)(H,81,82)/t67-,68+,69+/m0/s1. The van der Waals surface area contributed by atoms with Gasteiger partial charge in [-0.3, -0.25) is 37.3 Å². The van der Waals surface area contributed by atoms with E-state index in [0.717, 1.165) is 108 Å². The minimum absolute atomic E-state index is 0.107. The SMILES string of the molecule is CCCCCCCCCCCCCCCCC(=O)O[C@H](COC(=O)CCCCCCCCCC)COP(=O)(O)OC[C@H](O)COP(=O)(O)OC[C@@H](COC(=O)CCCCCCCCCCCCCC(C)C)OC(=O)CCCCCCCCCCCCCCCC(C)C. The summed E-state index contributed by atoms with van der Waals surface area (Å²) in [4.78, 5) is 72.6. The van der Waals surface area contributed by atoms with Crippen LogP contribution in [-0.4, -0.2) is 96.7 Å². The Labute approximate surface area is 562 Å². The van der Waals surface area contributed by atoms with Crippen molar-refractivity contribution in [3.05, 3.63) is 0 Å². The van der Waals surface area contributed by atoms with E-state index in [2.05, 4.69) is 41.5 Å². The fraction of sp³-hybridized carbons (Fsp3) is 0.945. The van der Waals surface area contributed by atoms with Crippen molar-refractivity contribution >= 4 is 39.5 Å². The van der Waals surface area contributed by atoms with E-state index in [1.165, 1.54) is 186 Å². The zero-order chi connectivity index (χ0) is 67.9. The van der Waals surface area contributed by atoms with Gasteiger partial charge in [0.1, 0.15) is 19.3 Å². The Kier molecular flexibility index (Phi) is 63.7. The highest BCUT2D eigenvalue weighted by atomic mass is 31.2. The predicted octanol–water partition coefficient (Wildman–Crippen LogP) is 21.2. The topological polar surface area (TPSA) is 237 Å². The maximum atomic E-state index is 13.1. The molecule has 0 radical (unpaired) electrons. The molecule has 19 heteroatoms. The molecule has 3 N–H and O–H groups in total. The molecule has 0 bridgehead atoms. The third-order valence-electron chi connectivity index (χ3n) is 17.0. The monoisotopic (exact) mass is 1350 g/mol. The highest BCUT2D eigenvalue weighted by Crippen LogP contribution is 2.45. The first-order chi connectivity index (χ1) is 44.4. The number of aliphatic hydroxyl groups is 1. The van der Waals surface area contributed by atoms with Crippen molar-refractivity contribution in [2.75, 3.05) is 39.6 Å². The number of rotatable bonds is 72. The summed E-state index contributed by atoms with van der Waals surface area (Å²) in [6.07, 6.45) is 51.3. The second-order valence-corrected chi connectivity index (χ2v) is 30.2. The zero-order valence-electron chi connectivity index (χ0n) is 59.9. The highest BCUT2D eigenvalue weighted by Gasteiger charge is 2.30. The van der Waals surface area contributed by atoms with E-state index in [1.54, 1.807) is 0 Å². The van der Waals surface area contributed by atoms with E-state index in [-0.39, 0.29) is 25.7 Å². The Balaban J connectivity index is 5.22. The third kappa shape index (κ3) is 66.7. The number of carbonyl (C=O) groups is 4. The van der Waals surface area contributed by atoms with Crippen LogP contribution in [0.4, 0.5) is 0 Å². The maximum absolute atomic E-state index is 13.1. The molecule has 0 saturated carbocycles. The molecule has 546 valence electrons. The molecule has 0 aliphatic rings. The van der Waals surface area contributed by atoms with Gasteiger partial charge in [0, 0.05) is 25.7 Å². The van der Waals surface area contributed by atoms with Crippen LogP contribution in [0.3, 0.4) is 0 Å². The van der Waals surface area contributed by atoms with Crippen LogP contribution in [0.2, 0.25) is 0 Å². The quantitative estimate of drug-likeness (QED) is 0.0222. The number of aliphatic hydroxyl groups excluding tert-OH is 1. The minimum atomic E-state index is -4.95. The van der Waals surface area contributed by atoms with Crippen molar-refractivity contribution < 1.29 is 80.2 Å². The lowest BCUT2D eigenvalue weighted by Gasteiger charge is -2.21. The molecule has 0 spiro atoms. The van der Waals surface area contributed by atoms with E-state index >= 15 is 0 Å². The van der Waals surface area contributed by atoms with Crippen LogP contribution < -0.4 is 0 Å². The van der Waals surface area contributed by atoms with Crippen LogP contribution in [0.1, 0.15) is 375 Å². The summed E-state index contributed by atoms with van der Waals surface area (Å²) in [6, 6.07) is 0. The number of unbranched alkanes of at least 4 members (excludes halogenated alkanes) is 42. The number of carbonyl (C=O) groups excluding carboxylic acids is 4. The minimum Gasteiger partial charge on any atom is -0.462 e. The van der Waals surface area contributed by atoms with Gasteiger partial charge in [0.2, 0.25) is 0 Å². The second-order valence-electron chi connectivity index (χ2n) is 27.3. The van der Waals surface area contributed by atoms with Crippen LogP contribution in [0.5, 0.6) is 0 Å². The first-order valence-electron chi connectivity index (χ1n) is 38.0. The van der Waals surface area contributed by atoms with Crippen molar-refractivity contribution in [3.63, 3.8) is 0 Å². The summed E-state index contributed by atoms with van der Waals surface area (Å²) in [5.74, 6) is -0.563. The fourth-order valence-corrected chi connectivity index (χ4v) is 12.7. The molecule has 0 saturated heterocycles. The number of ether oxygens (including phenoxy) is 4. The average molecular weight is 1350 g/mol. The average Bonchev–Trinajstić information content (AvgIpc) is 2.75. The van der Waals surface area contributed by atoms with E-state index in [0.29, 0.717) is 25.7 Å². The van der Waals surface area contributed by atoms with Gasteiger partial charge < -0.3 is 33.8 Å². The molecule has 0 aliphatic carbocycles. The van der Waals surface area contributed by atoms with Crippen LogP contribution >= 0.6 is 15.6 Å². The van der Waals surface area contributed by atoms with Crippen molar-refractivity contribution in [3.8, 4) is 0 Å². The summed E-state index contributed by atoms with van der Waals surface area (Å²) in [5.41, 5.74) is 0. The van der Waals surface area contributed by atoms with Gasteiger partial charge in [0.15, 0.2) is 12.2 Å². The Hall–Kier alpha value is -1.94. The third-order valence-corrected chi connectivity index (χ3v) is 18.9. The Morgan fingerprint density at radius 2 is 0.500 bits per heavy atom. The molecule has 2 unspecified atom stereocenters. The molecule has 0 fully saturated rings. The molecular formula is C73H142O17P2. The van der Waals surface area contributed by atoms with Gasteiger partial charge in [-0.25, -0.2) is 9.13 Å². The summed E-state index contributed by atoms with van der Waals surface area (Å²) in [6.45, 7) is 9.57. The molecule has 0 heterocycles. The highest BCUT2D eigenvalue weighted by molar-refractivity contribution is 7.47.